The summed E-state index contributed by atoms with van der Waals surface area (Å²) < 4.78 is 0. The molecule has 0 aromatic rings. The molecule has 0 aliphatic heterocycles. The van der Waals surface area contributed by atoms with Crippen LogP contribution < -0.4 is 40.4 Å². The Balaban J connectivity index is 0. The van der Waals surface area contributed by atoms with E-state index < -0.39 is 12.0 Å². The number of carboxylic acids is 1. The molecule has 0 aliphatic rings. The van der Waals surface area contributed by atoms with E-state index >= 15 is 0 Å². The number of aliphatic carboxylic acids is 1. The van der Waals surface area contributed by atoms with Crippen molar-refractivity contribution in [2.45, 2.75) is 12.5 Å². The molecule has 0 aromatic heterocycles. The standard InChI is InChI=1S/C5H12NO2P.Na/c1-9-3-2-4(6)5(7)8;/h4,9H,2-3,6H2,1H3,(H,7,8);/q;+1/p-1/t4-;/m0./s1. The van der Waals surface area contributed by atoms with Crippen molar-refractivity contribution in [3.63, 3.8) is 0 Å². The van der Waals surface area contributed by atoms with Crippen LogP contribution in [-0.4, -0.2) is 24.8 Å². The molecule has 0 heterocycles. The molecule has 0 saturated heterocycles. The van der Waals surface area contributed by atoms with Gasteiger partial charge in [0.2, 0.25) is 0 Å². The Hall–Kier alpha value is 0.860. The van der Waals surface area contributed by atoms with Crippen molar-refractivity contribution in [1.29, 1.82) is 0 Å². The summed E-state index contributed by atoms with van der Waals surface area (Å²) in [5, 5.41) is 9.97. The number of nitrogens with two attached hydrogens (primary N) is 1. The zero-order valence-corrected chi connectivity index (χ0v) is 9.39. The summed E-state index contributed by atoms with van der Waals surface area (Å²) >= 11 is 0. The first-order valence-electron chi connectivity index (χ1n) is 2.79. The maximum absolute atomic E-state index is 9.97. The van der Waals surface area contributed by atoms with Crippen LogP contribution in [0, 0.1) is 0 Å². The summed E-state index contributed by atoms with van der Waals surface area (Å²) in [6, 6.07) is -0.766. The average Bonchev–Trinajstić information content (AvgIpc) is 1.82. The van der Waals surface area contributed by atoms with Crippen LogP contribution in [0.3, 0.4) is 0 Å². The second kappa shape index (κ2) is 7.96. The van der Waals surface area contributed by atoms with Gasteiger partial charge in [0.15, 0.2) is 0 Å². The van der Waals surface area contributed by atoms with Gasteiger partial charge in [0.25, 0.3) is 0 Å². The summed E-state index contributed by atoms with van der Waals surface area (Å²) in [7, 11) is 0.772. The van der Waals surface area contributed by atoms with E-state index in [1.807, 2.05) is 6.66 Å². The maximum atomic E-state index is 9.97. The van der Waals surface area contributed by atoms with Crippen LogP contribution in [0.2, 0.25) is 0 Å². The monoisotopic (exact) mass is 171 g/mol. The second-order valence-electron chi connectivity index (χ2n) is 1.82. The first-order chi connectivity index (χ1) is 4.18. The van der Waals surface area contributed by atoms with Gasteiger partial charge < -0.3 is 15.6 Å². The molecule has 2 atom stereocenters. The van der Waals surface area contributed by atoms with Gasteiger partial charge in [0.1, 0.15) is 0 Å². The van der Waals surface area contributed by atoms with Gasteiger partial charge in [0.05, 0.1) is 5.97 Å². The van der Waals surface area contributed by atoms with Crippen LogP contribution in [0.1, 0.15) is 6.42 Å². The summed E-state index contributed by atoms with van der Waals surface area (Å²) in [6.07, 6.45) is 1.42. The molecular formula is C5H11NNaO2P. The molecule has 5 heteroatoms. The molecule has 2 N–H and O–H groups in total. The van der Waals surface area contributed by atoms with E-state index in [2.05, 4.69) is 0 Å². The molecule has 0 aromatic carbocycles. The van der Waals surface area contributed by atoms with E-state index in [9.17, 15) is 9.90 Å². The molecule has 0 radical (unpaired) electrons. The third-order valence-corrected chi connectivity index (χ3v) is 1.80. The molecule has 0 spiro atoms. The Morgan fingerprint density at radius 1 is 1.80 bits per heavy atom. The van der Waals surface area contributed by atoms with Gasteiger partial charge in [-0.05, 0) is 19.2 Å². The smallest absolute Gasteiger partial charge is 0.548 e. The third kappa shape index (κ3) is 6.97. The van der Waals surface area contributed by atoms with E-state index in [0.717, 1.165) is 14.7 Å². The fourth-order valence-corrected chi connectivity index (χ4v) is 1.02. The first kappa shape index (κ1) is 13.4. The number of carboxylic acid groups (broad SMARTS) is 1. The molecule has 0 bridgehead atoms. The Morgan fingerprint density at radius 3 is 2.60 bits per heavy atom. The quantitative estimate of drug-likeness (QED) is 0.344. The molecule has 0 rings (SSSR count). The SMILES string of the molecule is CPCC[C@H](N)C(=O)[O-].[Na+]. The Labute approximate surface area is 84.8 Å². The molecule has 10 heavy (non-hydrogen) atoms. The normalized spacial score (nSPS) is 13.0. The van der Waals surface area contributed by atoms with Crippen LogP contribution in [0.4, 0.5) is 0 Å². The third-order valence-electron chi connectivity index (χ3n) is 1.01. The minimum Gasteiger partial charge on any atom is -0.548 e. The van der Waals surface area contributed by atoms with Crippen molar-refractivity contribution >= 4 is 14.6 Å². The van der Waals surface area contributed by atoms with Crippen LogP contribution >= 0.6 is 8.58 Å². The van der Waals surface area contributed by atoms with E-state index in [0.29, 0.717) is 6.42 Å². The fourth-order valence-electron chi connectivity index (χ4n) is 0.418. The summed E-state index contributed by atoms with van der Waals surface area (Å²) in [4.78, 5) is 9.97. The summed E-state index contributed by atoms with van der Waals surface area (Å²) in [5.74, 6) is -1.15. The van der Waals surface area contributed by atoms with Gasteiger partial charge in [0, 0.05) is 6.04 Å². The average molecular weight is 171 g/mol. The zero-order valence-electron chi connectivity index (χ0n) is 6.39. The molecule has 54 valence electrons. The molecule has 1 unspecified atom stereocenters. The second-order valence-corrected chi connectivity index (χ2v) is 3.02. The van der Waals surface area contributed by atoms with Gasteiger partial charge >= 0.3 is 29.6 Å². The van der Waals surface area contributed by atoms with E-state index in [4.69, 9.17) is 5.73 Å². The van der Waals surface area contributed by atoms with Gasteiger partial charge in [-0.25, -0.2) is 0 Å². The molecule has 0 amide bonds. The Kier molecular flexibility index (Phi) is 10.7. The minimum absolute atomic E-state index is 0. The van der Waals surface area contributed by atoms with Gasteiger partial charge in [-0.3, -0.25) is 0 Å². The first-order valence-corrected chi connectivity index (χ1v) is 4.50. The van der Waals surface area contributed by atoms with Crippen molar-refractivity contribution in [2.75, 3.05) is 12.8 Å². The molecule has 0 fully saturated rings. The van der Waals surface area contributed by atoms with Gasteiger partial charge in [-0.2, -0.15) is 0 Å². The van der Waals surface area contributed by atoms with Crippen molar-refractivity contribution in [3.8, 4) is 0 Å². The number of rotatable bonds is 4. The van der Waals surface area contributed by atoms with Crippen molar-refractivity contribution in [2.24, 2.45) is 5.73 Å². The number of carbonyl (C=O) groups is 1. The molecule has 0 aliphatic carbocycles. The van der Waals surface area contributed by atoms with Gasteiger partial charge in [-0.1, -0.05) is 0 Å². The zero-order chi connectivity index (χ0) is 7.28. The Bertz CT molecular complexity index is 102. The number of hydrogen-bond donors (Lipinski definition) is 1. The topological polar surface area (TPSA) is 66.2 Å². The predicted octanol–water partition coefficient (Wildman–Crippen LogP) is -4.23. The number of hydrogen-bond acceptors (Lipinski definition) is 3. The van der Waals surface area contributed by atoms with Crippen LogP contribution in [0.15, 0.2) is 0 Å². The van der Waals surface area contributed by atoms with Crippen LogP contribution in [0.25, 0.3) is 0 Å². The van der Waals surface area contributed by atoms with Gasteiger partial charge in [-0.15, -0.1) is 8.58 Å². The van der Waals surface area contributed by atoms with E-state index in [1.165, 1.54) is 0 Å². The fraction of sp³-hybridized carbons (Fsp3) is 0.800. The van der Waals surface area contributed by atoms with E-state index in [1.54, 1.807) is 0 Å². The maximum Gasteiger partial charge on any atom is 1.00 e. The summed E-state index contributed by atoms with van der Waals surface area (Å²) in [5.41, 5.74) is 5.14. The van der Waals surface area contributed by atoms with Crippen molar-refractivity contribution < 1.29 is 39.5 Å². The summed E-state index contributed by atoms with van der Waals surface area (Å²) in [6.45, 7) is 2.02. The molecular weight excluding hydrogens is 160 g/mol. The molecule has 3 nitrogen and oxygen atoms in total. The van der Waals surface area contributed by atoms with Crippen LogP contribution in [0.5, 0.6) is 0 Å². The molecule has 0 saturated carbocycles. The van der Waals surface area contributed by atoms with Crippen LogP contribution in [-0.2, 0) is 4.79 Å². The number of carbonyl (C=O) groups excluding carboxylic acids is 1. The largest absolute Gasteiger partial charge is 1.00 e. The Morgan fingerprint density at radius 2 is 2.30 bits per heavy atom. The van der Waals surface area contributed by atoms with Crippen molar-refractivity contribution in [3.05, 3.63) is 0 Å². The van der Waals surface area contributed by atoms with E-state index in [-0.39, 0.29) is 29.6 Å². The minimum atomic E-state index is -1.15. The predicted molar refractivity (Wildman–Crippen MR) is 36.7 cm³/mol. The van der Waals surface area contributed by atoms with Crippen molar-refractivity contribution in [1.82, 2.24) is 0 Å².